The van der Waals surface area contributed by atoms with E-state index in [1.54, 1.807) is 13.3 Å². The fourth-order valence-corrected chi connectivity index (χ4v) is 3.78. The molecule has 0 radical (unpaired) electrons. The molecule has 2 aromatic carbocycles. The number of thiazole rings is 1. The summed E-state index contributed by atoms with van der Waals surface area (Å²) in [6.45, 7) is 3.11. The van der Waals surface area contributed by atoms with Gasteiger partial charge in [-0.25, -0.2) is 9.97 Å². The lowest BCUT2D eigenvalue weighted by Gasteiger charge is -2.06. The summed E-state index contributed by atoms with van der Waals surface area (Å²) in [5.74, 6) is 0.998. The second kappa shape index (κ2) is 10.1. The highest BCUT2D eigenvalue weighted by Gasteiger charge is 2.21. The number of benzene rings is 2. The Morgan fingerprint density at radius 1 is 1.16 bits per heavy atom. The molecule has 2 heterocycles. The minimum atomic E-state index is -0.321. The van der Waals surface area contributed by atoms with Gasteiger partial charge in [0.25, 0.3) is 5.91 Å². The highest BCUT2D eigenvalue weighted by molar-refractivity contribution is 7.13. The van der Waals surface area contributed by atoms with Gasteiger partial charge >= 0.3 is 0 Å². The molecular formula is C24H25N5O2S. The van der Waals surface area contributed by atoms with Gasteiger partial charge in [-0.2, -0.15) is 0 Å². The Kier molecular flexibility index (Phi) is 6.81. The normalized spacial score (nSPS) is 10.7. The van der Waals surface area contributed by atoms with Crippen molar-refractivity contribution in [1.82, 2.24) is 15.0 Å². The van der Waals surface area contributed by atoms with Crippen molar-refractivity contribution in [1.29, 1.82) is 0 Å². The molecule has 0 spiro atoms. The lowest BCUT2D eigenvalue weighted by atomic mass is 10.1. The van der Waals surface area contributed by atoms with Crippen LogP contribution in [0.25, 0.3) is 22.6 Å². The molecule has 4 rings (SSSR count). The zero-order valence-corrected chi connectivity index (χ0v) is 18.8. The number of aromatic nitrogens is 3. The van der Waals surface area contributed by atoms with Crippen LogP contribution in [-0.2, 0) is 0 Å². The van der Waals surface area contributed by atoms with E-state index in [4.69, 9.17) is 4.74 Å². The van der Waals surface area contributed by atoms with Gasteiger partial charge in [-0.3, -0.25) is 10.1 Å². The van der Waals surface area contributed by atoms with Gasteiger partial charge in [0, 0.05) is 34.9 Å². The van der Waals surface area contributed by atoms with E-state index in [1.165, 1.54) is 11.3 Å². The lowest BCUT2D eigenvalue weighted by molar-refractivity contribution is 0.102. The van der Waals surface area contributed by atoms with Crippen molar-refractivity contribution in [3.05, 3.63) is 65.8 Å². The second-order valence-corrected chi connectivity index (χ2v) is 8.08. The SMILES string of the molecule is CCCCNc1ccc(-c2nc(C(=O)Nc3nccs3)c(-c3cccc(OC)c3)[nH]2)cc1. The fourth-order valence-electron chi connectivity index (χ4n) is 3.26. The average Bonchev–Trinajstić information content (AvgIpc) is 3.50. The maximum Gasteiger partial charge on any atom is 0.278 e. The Bertz CT molecular complexity index is 1170. The molecule has 4 aromatic rings. The van der Waals surface area contributed by atoms with E-state index in [-0.39, 0.29) is 5.91 Å². The highest BCUT2D eigenvalue weighted by atomic mass is 32.1. The van der Waals surface area contributed by atoms with E-state index in [2.05, 4.69) is 32.5 Å². The summed E-state index contributed by atoms with van der Waals surface area (Å²) in [6.07, 6.45) is 3.92. The quantitative estimate of drug-likeness (QED) is 0.287. The van der Waals surface area contributed by atoms with E-state index in [0.29, 0.717) is 28.1 Å². The number of carbonyl (C=O) groups is 1. The zero-order valence-electron chi connectivity index (χ0n) is 18.0. The van der Waals surface area contributed by atoms with Gasteiger partial charge in [0.15, 0.2) is 10.8 Å². The molecule has 3 N–H and O–H groups in total. The first-order valence-corrected chi connectivity index (χ1v) is 11.4. The smallest absolute Gasteiger partial charge is 0.278 e. The van der Waals surface area contributed by atoms with Gasteiger partial charge in [-0.05, 0) is 42.8 Å². The van der Waals surface area contributed by atoms with Crippen molar-refractivity contribution in [2.75, 3.05) is 24.3 Å². The van der Waals surface area contributed by atoms with Gasteiger partial charge in [0.05, 0.1) is 12.8 Å². The zero-order chi connectivity index (χ0) is 22.3. The predicted molar refractivity (Wildman–Crippen MR) is 129 cm³/mol. The van der Waals surface area contributed by atoms with E-state index in [1.807, 2.05) is 53.9 Å². The van der Waals surface area contributed by atoms with Crippen LogP contribution in [0.3, 0.4) is 0 Å². The molecule has 0 saturated carbocycles. The first-order valence-electron chi connectivity index (χ1n) is 10.5. The fraction of sp³-hybridized carbons (Fsp3) is 0.208. The van der Waals surface area contributed by atoms with Gasteiger partial charge in [0.2, 0.25) is 0 Å². The Hall–Kier alpha value is -3.65. The molecule has 0 fully saturated rings. The molecule has 0 bridgehead atoms. The van der Waals surface area contributed by atoms with Gasteiger partial charge < -0.3 is 15.0 Å². The van der Waals surface area contributed by atoms with Crippen LogP contribution in [0.5, 0.6) is 5.75 Å². The molecule has 0 unspecified atom stereocenters. The number of nitrogens with zero attached hydrogens (tertiary/aromatic N) is 2. The lowest BCUT2D eigenvalue weighted by Crippen LogP contribution is -2.13. The number of amides is 1. The Balaban J connectivity index is 1.67. The van der Waals surface area contributed by atoms with E-state index < -0.39 is 0 Å². The number of aromatic amines is 1. The Labute approximate surface area is 190 Å². The van der Waals surface area contributed by atoms with Crippen LogP contribution in [-0.4, -0.2) is 34.5 Å². The van der Waals surface area contributed by atoms with Crippen molar-refractivity contribution in [2.45, 2.75) is 19.8 Å². The number of ether oxygens (including phenoxy) is 1. The predicted octanol–water partition coefficient (Wildman–Crippen LogP) is 5.67. The monoisotopic (exact) mass is 447 g/mol. The summed E-state index contributed by atoms with van der Waals surface area (Å²) in [5.41, 5.74) is 3.68. The summed E-state index contributed by atoms with van der Waals surface area (Å²) >= 11 is 1.36. The van der Waals surface area contributed by atoms with E-state index in [9.17, 15) is 4.79 Å². The topological polar surface area (TPSA) is 91.9 Å². The maximum atomic E-state index is 13.0. The number of methoxy groups -OCH3 is 1. The molecule has 32 heavy (non-hydrogen) atoms. The molecule has 0 aliphatic carbocycles. The number of imidazole rings is 1. The number of carbonyl (C=O) groups excluding carboxylic acids is 1. The third kappa shape index (κ3) is 4.97. The van der Waals surface area contributed by atoms with Gasteiger partial charge in [-0.1, -0.05) is 25.5 Å². The third-order valence-corrected chi connectivity index (χ3v) is 5.64. The number of anilines is 2. The van der Waals surface area contributed by atoms with Gasteiger partial charge in [-0.15, -0.1) is 11.3 Å². The summed E-state index contributed by atoms with van der Waals surface area (Å²) < 4.78 is 5.36. The standard InChI is InChI=1S/C24H25N5O2S/c1-3-4-12-25-18-10-8-16(9-11-18)22-27-20(17-6-5-7-19(15-17)31-2)21(28-22)23(30)29-24-26-13-14-32-24/h5-11,13-15,25H,3-4,12H2,1-2H3,(H,27,28)(H,26,29,30). The van der Waals surface area contributed by atoms with Crippen molar-refractivity contribution in [2.24, 2.45) is 0 Å². The summed E-state index contributed by atoms with van der Waals surface area (Å²) in [6, 6.07) is 15.6. The number of unbranched alkanes of at least 4 members (excludes halogenated alkanes) is 1. The first-order chi connectivity index (χ1) is 15.7. The number of hydrogen-bond acceptors (Lipinski definition) is 6. The molecular weight excluding hydrogens is 422 g/mol. The van der Waals surface area contributed by atoms with Gasteiger partial charge in [0.1, 0.15) is 11.6 Å². The summed E-state index contributed by atoms with van der Waals surface area (Å²) in [5, 5.41) is 8.57. The van der Waals surface area contributed by atoms with Crippen molar-refractivity contribution in [3.8, 4) is 28.4 Å². The molecule has 0 atom stereocenters. The largest absolute Gasteiger partial charge is 0.497 e. The number of H-pyrrole nitrogens is 1. The molecule has 8 heteroatoms. The number of nitrogens with one attached hydrogen (secondary N) is 3. The number of hydrogen-bond donors (Lipinski definition) is 3. The highest BCUT2D eigenvalue weighted by Crippen LogP contribution is 2.30. The van der Waals surface area contributed by atoms with Crippen LogP contribution in [0.1, 0.15) is 30.3 Å². The van der Waals surface area contributed by atoms with E-state index in [0.717, 1.165) is 36.2 Å². The summed E-state index contributed by atoms with van der Waals surface area (Å²) in [7, 11) is 1.61. The van der Waals surface area contributed by atoms with Crippen LogP contribution in [0.15, 0.2) is 60.1 Å². The van der Waals surface area contributed by atoms with Crippen molar-refractivity contribution >= 4 is 28.1 Å². The van der Waals surface area contributed by atoms with Crippen LogP contribution >= 0.6 is 11.3 Å². The molecule has 164 valence electrons. The molecule has 0 aliphatic rings. The van der Waals surface area contributed by atoms with E-state index >= 15 is 0 Å². The molecule has 7 nitrogen and oxygen atoms in total. The number of rotatable bonds is 9. The second-order valence-electron chi connectivity index (χ2n) is 7.19. The molecule has 1 amide bonds. The molecule has 2 aromatic heterocycles. The van der Waals surface area contributed by atoms with Crippen LogP contribution < -0.4 is 15.4 Å². The van der Waals surface area contributed by atoms with Crippen LogP contribution in [0, 0.1) is 0 Å². The van der Waals surface area contributed by atoms with Crippen molar-refractivity contribution in [3.63, 3.8) is 0 Å². The summed E-state index contributed by atoms with van der Waals surface area (Å²) in [4.78, 5) is 25.2. The third-order valence-electron chi connectivity index (χ3n) is 4.95. The first kappa shape index (κ1) is 21.6. The maximum absolute atomic E-state index is 13.0. The minimum Gasteiger partial charge on any atom is -0.497 e. The Morgan fingerprint density at radius 3 is 2.72 bits per heavy atom. The molecule has 0 aliphatic heterocycles. The minimum absolute atomic E-state index is 0.300. The van der Waals surface area contributed by atoms with Crippen LogP contribution in [0.2, 0.25) is 0 Å². The molecule has 0 saturated heterocycles. The average molecular weight is 448 g/mol. The van der Waals surface area contributed by atoms with Crippen LogP contribution in [0.4, 0.5) is 10.8 Å². The Morgan fingerprint density at radius 2 is 2.00 bits per heavy atom. The van der Waals surface area contributed by atoms with Crippen molar-refractivity contribution < 1.29 is 9.53 Å².